The average molecular weight is 251 g/mol. The normalized spacial score (nSPS) is 10.7. The number of nitrogens with one attached hydrogen (secondary N) is 1. The van der Waals surface area contributed by atoms with E-state index in [0.717, 1.165) is 39.1 Å². The summed E-state index contributed by atoms with van der Waals surface area (Å²) in [4.78, 5) is 0. The van der Waals surface area contributed by atoms with Crippen LogP contribution in [0.1, 0.15) is 25.3 Å². The van der Waals surface area contributed by atoms with Gasteiger partial charge in [0, 0.05) is 19.8 Å². The summed E-state index contributed by atoms with van der Waals surface area (Å²) in [6, 6.07) is 10.4. The molecule has 0 fully saturated rings. The molecule has 18 heavy (non-hydrogen) atoms. The van der Waals surface area contributed by atoms with Crippen LogP contribution >= 0.6 is 0 Å². The van der Waals surface area contributed by atoms with Gasteiger partial charge in [0.25, 0.3) is 0 Å². The molecule has 0 radical (unpaired) electrons. The van der Waals surface area contributed by atoms with Crippen molar-refractivity contribution >= 4 is 0 Å². The van der Waals surface area contributed by atoms with E-state index < -0.39 is 0 Å². The minimum Gasteiger partial charge on any atom is -0.379 e. The van der Waals surface area contributed by atoms with Crippen LogP contribution in [0.2, 0.25) is 0 Å². The minimum absolute atomic E-state index is 0.707. The third-order valence-electron chi connectivity index (χ3n) is 2.53. The molecular weight excluding hydrogens is 226 g/mol. The van der Waals surface area contributed by atoms with Gasteiger partial charge >= 0.3 is 0 Å². The fourth-order valence-electron chi connectivity index (χ4n) is 1.59. The van der Waals surface area contributed by atoms with Crippen molar-refractivity contribution in [3.05, 3.63) is 35.9 Å². The molecule has 0 saturated carbocycles. The summed E-state index contributed by atoms with van der Waals surface area (Å²) in [7, 11) is 0. The summed E-state index contributed by atoms with van der Waals surface area (Å²) in [6.07, 6.45) is 2.12. The Balaban J connectivity index is 1.82. The summed E-state index contributed by atoms with van der Waals surface area (Å²) in [5, 5.41) is 3.40. The van der Waals surface area contributed by atoms with Gasteiger partial charge in [-0.3, -0.25) is 0 Å². The van der Waals surface area contributed by atoms with E-state index in [-0.39, 0.29) is 0 Å². The molecule has 3 nitrogen and oxygen atoms in total. The van der Waals surface area contributed by atoms with Crippen LogP contribution in [0, 0.1) is 0 Å². The van der Waals surface area contributed by atoms with Crippen LogP contribution in [0.25, 0.3) is 0 Å². The van der Waals surface area contributed by atoms with Crippen LogP contribution in [0.4, 0.5) is 0 Å². The minimum atomic E-state index is 0.707. The van der Waals surface area contributed by atoms with Crippen molar-refractivity contribution < 1.29 is 9.47 Å². The molecule has 0 saturated heterocycles. The van der Waals surface area contributed by atoms with Crippen molar-refractivity contribution in [2.75, 3.05) is 33.0 Å². The first kappa shape index (κ1) is 15.2. The zero-order valence-corrected chi connectivity index (χ0v) is 11.4. The summed E-state index contributed by atoms with van der Waals surface area (Å²) in [5.74, 6) is 0. The van der Waals surface area contributed by atoms with Gasteiger partial charge < -0.3 is 14.8 Å². The lowest BCUT2D eigenvalue weighted by Gasteiger charge is -2.06. The molecule has 0 aliphatic carbocycles. The van der Waals surface area contributed by atoms with Gasteiger partial charge in [0.05, 0.1) is 13.2 Å². The van der Waals surface area contributed by atoms with Crippen LogP contribution in [-0.2, 0) is 16.0 Å². The number of rotatable bonds is 11. The Morgan fingerprint density at radius 1 is 0.944 bits per heavy atom. The second-order valence-electron chi connectivity index (χ2n) is 4.24. The first-order valence-corrected chi connectivity index (χ1v) is 6.83. The quantitative estimate of drug-likeness (QED) is 0.613. The van der Waals surface area contributed by atoms with E-state index in [1.807, 2.05) is 6.07 Å². The second-order valence-corrected chi connectivity index (χ2v) is 4.24. The van der Waals surface area contributed by atoms with Crippen molar-refractivity contribution in [3.8, 4) is 0 Å². The molecule has 0 amide bonds. The summed E-state index contributed by atoms with van der Waals surface area (Å²) in [6.45, 7) is 7.09. The number of hydrogen-bond donors (Lipinski definition) is 1. The summed E-state index contributed by atoms with van der Waals surface area (Å²) < 4.78 is 10.8. The van der Waals surface area contributed by atoms with E-state index in [2.05, 4.69) is 36.5 Å². The fourth-order valence-corrected chi connectivity index (χ4v) is 1.59. The molecule has 3 heteroatoms. The van der Waals surface area contributed by atoms with Gasteiger partial charge in [0.2, 0.25) is 0 Å². The zero-order valence-electron chi connectivity index (χ0n) is 11.4. The Morgan fingerprint density at radius 2 is 1.67 bits per heavy atom. The second kappa shape index (κ2) is 11.2. The molecule has 0 heterocycles. The van der Waals surface area contributed by atoms with E-state index in [4.69, 9.17) is 9.47 Å². The molecule has 1 aromatic carbocycles. The van der Waals surface area contributed by atoms with Crippen LogP contribution in [-0.4, -0.2) is 33.0 Å². The maximum atomic E-state index is 5.47. The third kappa shape index (κ3) is 8.23. The van der Waals surface area contributed by atoms with E-state index >= 15 is 0 Å². The van der Waals surface area contributed by atoms with Gasteiger partial charge in [-0.1, -0.05) is 37.3 Å². The van der Waals surface area contributed by atoms with Gasteiger partial charge in [0.15, 0.2) is 0 Å². The van der Waals surface area contributed by atoms with Crippen molar-refractivity contribution in [2.24, 2.45) is 0 Å². The van der Waals surface area contributed by atoms with Gasteiger partial charge in [-0.15, -0.1) is 0 Å². The van der Waals surface area contributed by atoms with Crippen LogP contribution in [0.5, 0.6) is 0 Å². The topological polar surface area (TPSA) is 30.5 Å². The molecular formula is C15H25NO2. The Kier molecular flexibility index (Phi) is 9.44. The highest BCUT2D eigenvalue weighted by Crippen LogP contribution is 1.96. The molecule has 0 spiro atoms. The molecule has 0 aliphatic heterocycles. The Bertz CT molecular complexity index is 277. The zero-order chi connectivity index (χ0) is 12.9. The molecule has 0 aliphatic rings. The van der Waals surface area contributed by atoms with Gasteiger partial charge in [0.1, 0.15) is 0 Å². The fraction of sp³-hybridized carbons (Fsp3) is 0.600. The van der Waals surface area contributed by atoms with Crippen molar-refractivity contribution in [2.45, 2.75) is 26.3 Å². The van der Waals surface area contributed by atoms with E-state index in [1.165, 1.54) is 5.56 Å². The molecule has 0 unspecified atom stereocenters. The molecule has 1 aromatic rings. The summed E-state index contributed by atoms with van der Waals surface area (Å²) >= 11 is 0. The monoisotopic (exact) mass is 251 g/mol. The van der Waals surface area contributed by atoms with Crippen LogP contribution < -0.4 is 5.32 Å². The standard InChI is InChI=1S/C15H25NO2/c1-2-10-17-12-13-18-11-6-9-16-14-15-7-4-3-5-8-15/h3-5,7-8,16H,2,6,9-14H2,1H3. The van der Waals surface area contributed by atoms with Crippen LogP contribution in [0.15, 0.2) is 30.3 Å². The predicted octanol–water partition coefficient (Wildman–Crippen LogP) is 2.61. The molecule has 1 rings (SSSR count). The van der Waals surface area contributed by atoms with Crippen molar-refractivity contribution in [3.63, 3.8) is 0 Å². The van der Waals surface area contributed by atoms with Gasteiger partial charge in [-0.05, 0) is 24.9 Å². The lowest BCUT2D eigenvalue weighted by Crippen LogP contribution is -2.17. The Morgan fingerprint density at radius 3 is 2.39 bits per heavy atom. The molecule has 1 N–H and O–H groups in total. The van der Waals surface area contributed by atoms with E-state index in [0.29, 0.717) is 13.2 Å². The highest BCUT2D eigenvalue weighted by atomic mass is 16.5. The predicted molar refractivity (Wildman–Crippen MR) is 74.7 cm³/mol. The average Bonchev–Trinajstić information content (AvgIpc) is 2.42. The van der Waals surface area contributed by atoms with Crippen molar-refractivity contribution in [1.29, 1.82) is 0 Å². The van der Waals surface area contributed by atoms with Crippen molar-refractivity contribution in [1.82, 2.24) is 5.32 Å². The number of ether oxygens (including phenoxy) is 2. The number of benzene rings is 1. The highest BCUT2D eigenvalue weighted by molar-refractivity contribution is 5.14. The molecule has 0 bridgehead atoms. The SMILES string of the molecule is CCCOCCOCCCNCc1ccccc1. The lowest BCUT2D eigenvalue weighted by atomic mass is 10.2. The number of hydrogen-bond acceptors (Lipinski definition) is 3. The first-order valence-electron chi connectivity index (χ1n) is 6.83. The Hall–Kier alpha value is -0.900. The maximum Gasteiger partial charge on any atom is 0.0700 e. The largest absolute Gasteiger partial charge is 0.379 e. The molecule has 0 atom stereocenters. The molecule has 0 aromatic heterocycles. The lowest BCUT2D eigenvalue weighted by molar-refractivity contribution is 0.0472. The van der Waals surface area contributed by atoms with Crippen LogP contribution in [0.3, 0.4) is 0 Å². The van der Waals surface area contributed by atoms with Gasteiger partial charge in [-0.2, -0.15) is 0 Å². The van der Waals surface area contributed by atoms with E-state index in [1.54, 1.807) is 0 Å². The maximum absolute atomic E-state index is 5.47. The summed E-state index contributed by atoms with van der Waals surface area (Å²) in [5.41, 5.74) is 1.33. The highest BCUT2D eigenvalue weighted by Gasteiger charge is 1.92. The smallest absolute Gasteiger partial charge is 0.0700 e. The Labute approximate surface area is 110 Å². The van der Waals surface area contributed by atoms with Gasteiger partial charge in [-0.25, -0.2) is 0 Å². The van der Waals surface area contributed by atoms with E-state index in [9.17, 15) is 0 Å². The third-order valence-corrected chi connectivity index (χ3v) is 2.53. The molecule has 102 valence electrons. The first-order chi connectivity index (χ1) is 8.93.